The molecule has 0 bridgehead atoms. The highest BCUT2D eigenvalue weighted by Crippen LogP contribution is 2.26. The fourth-order valence-electron chi connectivity index (χ4n) is 2.24. The van der Waals surface area contributed by atoms with Gasteiger partial charge in [0.2, 0.25) is 5.89 Å². The predicted molar refractivity (Wildman–Crippen MR) is 78.9 cm³/mol. The summed E-state index contributed by atoms with van der Waals surface area (Å²) in [5.74, 6) is 0.659. The molecule has 19 heavy (non-hydrogen) atoms. The van der Waals surface area contributed by atoms with Crippen molar-refractivity contribution in [1.29, 1.82) is 0 Å². The van der Waals surface area contributed by atoms with Crippen LogP contribution in [0.1, 0.15) is 18.1 Å². The topological polar surface area (TPSA) is 26.0 Å². The quantitative estimate of drug-likeness (QED) is 0.672. The summed E-state index contributed by atoms with van der Waals surface area (Å²) in [7, 11) is 0. The van der Waals surface area contributed by atoms with Gasteiger partial charge in [-0.05, 0) is 41.8 Å². The minimum absolute atomic E-state index is 0.659. The standard InChI is InChI=1S/C17H15NO/c1-3-12-9-10-14(11-13(12)4-2)17-18-15-7-5-6-8-16(15)19-17/h4-11H,2-3H2,1H3. The molecule has 0 unspecified atom stereocenters. The largest absolute Gasteiger partial charge is 0.436 e. The van der Waals surface area contributed by atoms with Gasteiger partial charge in [-0.2, -0.15) is 0 Å². The fraction of sp³-hybridized carbons (Fsp3) is 0.118. The van der Waals surface area contributed by atoms with Crippen molar-refractivity contribution in [3.8, 4) is 11.5 Å². The number of hydrogen-bond donors (Lipinski definition) is 0. The lowest BCUT2D eigenvalue weighted by Crippen LogP contribution is -1.87. The number of rotatable bonds is 3. The average Bonchev–Trinajstić information content (AvgIpc) is 2.90. The van der Waals surface area contributed by atoms with Crippen LogP contribution in [0.5, 0.6) is 0 Å². The first-order valence-corrected chi connectivity index (χ1v) is 6.43. The lowest BCUT2D eigenvalue weighted by molar-refractivity contribution is 0.620. The van der Waals surface area contributed by atoms with Gasteiger partial charge in [0.1, 0.15) is 5.52 Å². The number of aryl methyl sites for hydroxylation is 1. The molecule has 0 saturated carbocycles. The van der Waals surface area contributed by atoms with Crippen molar-refractivity contribution in [2.24, 2.45) is 0 Å². The first-order valence-electron chi connectivity index (χ1n) is 6.43. The zero-order valence-corrected chi connectivity index (χ0v) is 10.9. The Hall–Kier alpha value is -2.35. The summed E-state index contributed by atoms with van der Waals surface area (Å²) in [6, 6.07) is 14.0. The van der Waals surface area contributed by atoms with E-state index >= 15 is 0 Å². The molecule has 0 amide bonds. The number of hydrogen-bond acceptors (Lipinski definition) is 2. The Morgan fingerprint density at radius 2 is 2.05 bits per heavy atom. The van der Waals surface area contributed by atoms with Crippen molar-refractivity contribution in [3.05, 3.63) is 60.2 Å². The van der Waals surface area contributed by atoms with Gasteiger partial charge in [0.05, 0.1) is 0 Å². The lowest BCUT2D eigenvalue weighted by atomic mass is 10.0. The second kappa shape index (κ2) is 4.73. The van der Waals surface area contributed by atoms with Gasteiger partial charge in [0.15, 0.2) is 5.58 Å². The van der Waals surface area contributed by atoms with E-state index < -0.39 is 0 Å². The first kappa shape index (κ1) is 11.7. The molecule has 0 aliphatic rings. The summed E-state index contributed by atoms with van der Waals surface area (Å²) in [6.07, 6.45) is 2.88. The second-order valence-electron chi connectivity index (χ2n) is 4.46. The van der Waals surface area contributed by atoms with Gasteiger partial charge in [-0.15, -0.1) is 0 Å². The number of aromatic nitrogens is 1. The summed E-state index contributed by atoms with van der Waals surface area (Å²) in [4.78, 5) is 4.51. The van der Waals surface area contributed by atoms with Crippen LogP contribution in [0, 0.1) is 0 Å². The highest BCUT2D eigenvalue weighted by molar-refractivity contribution is 5.76. The summed E-state index contributed by atoms with van der Waals surface area (Å²) < 4.78 is 5.78. The molecule has 0 saturated heterocycles. The van der Waals surface area contributed by atoms with Crippen LogP contribution in [0.3, 0.4) is 0 Å². The number of nitrogens with zero attached hydrogens (tertiary/aromatic N) is 1. The highest BCUT2D eigenvalue weighted by atomic mass is 16.3. The fourth-order valence-corrected chi connectivity index (χ4v) is 2.24. The molecule has 0 aliphatic heterocycles. The van der Waals surface area contributed by atoms with E-state index in [0.717, 1.165) is 28.6 Å². The van der Waals surface area contributed by atoms with Crippen LogP contribution in [0.2, 0.25) is 0 Å². The molecule has 1 heterocycles. The number of fused-ring (bicyclic) bond motifs is 1. The SMILES string of the molecule is C=Cc1cc(-c2nc3ccccc3o2)ccc1CC. The van der Waals surface area contributed by atoms with Gasteiger partial charge in [0, 0.05) is 5.56 Å². The molecule has 1 aromatic heterocycles. The molecule has 0 N–H and O–H groups in total. The lowest BCUT2D eigenvalue weighted by Gasteiger charge is -2.04. The monoisotopic (exact) mass is 249 g/mol. The van der Waals surface area contributed by atoms with E-state index in [0.29, 0.717) is 5.89 Å². The molecular weight excluding hydrogens is 234 g/mol. The minimum atomic E-state index is 0.659. The van der Waals surface area contributed by atoms with Crippen molar-refractivity contribution in [2.75, 3.05) is 0 Å². The van der Waals surface area contributed by atoms with Crippen LogP contribution in [0.4, 0.5) is 0 Å². The Balaban J connectivity index is 2.13. The van der Waals surface area contributed by atoms with Gasteiger partial charge in [-0.25, -0.2) is 4.98 Å². The molecule has 0 fully saturated rings. The molecule has 0 aliphatic carbocycles. The van der Waals surface area contributed by atoms with Crippen molar-refractivity contribution >= 4 is 17.2 Å². The van der Waals surface area contributed by atoms with Crippen molar-refractivity contribution < 1.29 is 4.42 Å². The zero-order chi connectivity index (χ0) is 13.2. The van der Waals surface area contributed by atoms with Crippen molar-refractivity contribution in [3.63, 3.8) is 0 Å². The summed E-state index contributed by atoms with van der Waals surface area (Å²) in [5.41, 5.74) is 5.12. The molecule has 0 radical (unpaired) electrons. The molecule has 3 rings (SSSR count). The van der Waals surface area contributed by atoms with Gasteiger partial charge in [-0.3, -0.25) is 0 Å². The Morgan fingerprint density at radius 3 is 2.79 bits per heavy atom. The van der Waals surface area contributed by atoms with Gasteiger partial charge in [-0.1, -0.05) is 37.8 Å². The maximum atomic E-state index is 5.78. The molecule has 2 heteroatoms. The van der Waals surface area contributed by atoms with E-state index in [-0.39, 0.29) is 0 Å². The Morgan fingerprint density at radius 1 is 1.21 bits per heavy atom. The highest BCUT2D eigenvalue weighted by Gasteiger charge is 2.09. The zero-order valence-electron chi connectivity index (χ0n) is 10.9. The van der Waals surface area contributed by atoms with E-state index in [1.54, 1.807) is 0 Å². The second-order valence-corrected chi connectivity index (χ2v) is 4.46. The molecule has 2 nitrogen and oxygen atoms in total. The van der Waals surface area contributed by atoms with Crippen LogP contribution in [-0.4, -0.2) is 4.98 Å². The third kappa shape index (κ3) is 2.06. The van der Waals surface area contributed by atoms with Gasteiger partial charge >= 0.3 is 0 Å². The van der Waals surface area contributed by atoms with E-state index in [1.807, 2.05) is 30.3 Å². The molecule has 94 valence electrons. The van der Waals surface area contributed by atoms with Crippen LogP contribution < -0.4 is 0 Å². The van der Waals surface area contributed by atoms with Crippen LogP contribution in [0.15, 0.2) is 53.5 Å². The van der Waals surface area contributed by atoms with Crippen LogP contribution in [0.25, 0.3) is 28.6 Å². The summed E-state index contributed by atoms with van der Waals surface area (Å²) >= 11 is 0. The Kier molecular flexibility index (Phi) is 2.92. The van der Waals surface area contributed by atoms with Crippen molar-refractivity contribution in [2.45, 2.75) is 13.3 Å². The number of oxazole rings is 1. The molecular formula is C17H15NO. The van der Waals surface area contributed by atoms with E-state index in [4.69, 9.17) is 4.42 Å². The van der Waals surface area contributed by atoms with E-state index in [1.165, 1.54) is 5.56 Å². The molecule has 0 atom stereocenters. The number of para-hydroxylation sites is 2. The maximum Gasteiger partial charge on any atom is 0.227 e. The van der Waals surface area contributed by atoms with Gasteiger partial charge < -0.3 is 4.42 Å². The normalized spacial score (nSPS) is 10.8. The van der Waals surface area contributed by atoms with Crippen LogP contribution in [-0.2, 0) is 6.42 Å². The smallest absolute Gasteiger partial charge is 0.227 e. The molecule has 0 spiro atoms. The van der Waals surface area contributed by atoms with Crippen LogP contribution >= 0.6 is 0 Å². The Bertz CT molecular complexity index is 707. The molecule has 2 aromatic carbocycles. The van der Waals surface area contributed by atoms with E-state index in [9.17, 15) is 0 Å². The third-order valence-electron chi connectivity index (χ3n) is 3.29. The maximum absolute atomic E-state index is 5.78. The predicted octanol–water partition coefficient (Wildman–Crippen LogP) is 4.70. The third-order valence-corrected chi connectivity index (χ3v) is 3.29. The minimum Gasteiger partial charge on any atom is -0.436 e. The van der Waals surface area contributed by atoms with Crippen molar-refractivity contribution in [1.82, 2.24) is 4.98 Å². The average molecular weight is 249 g/mol. The number of benzene rings is 2. The Labute approximate surface area is 112 Å². The van der Waals surface area contributed by atoms with E-state index in [2.05, 4.69) is 36.7 Å². The van der Waals surface area contributed by atoms with Gasteiger partial charge in [0.25, 0.3) is 0 Å². The summed E-state index contributed by atoms with van der Waals surface area (Å²) in [5, 5.41) is 0. The summed E-state index contributed by atoms with van der Waals surface area (Å²) in [6.45, 7) is 6.01. The molecule has 3 aromatic rings. The first-order chi connectivity index (χ1) is 9.31.